The lowest BCUT2D eigenvalue weighted by molar-refractivity contribution is 0.0715. The molecule has 1 saturated heterocycles. The number of hydrogen-bond donors (Lipinski definition) is 1. The van der Waals surface area contributed by atoms with E-state index in [4.69, 9.17) is 0 Å². The molecule has 1 amide bonds. The lowest BCUT2D eigenvalue weighted by Crippen LogP contribution is -2.45. The first kappa shape index (κ1) is 19.5. The maximum absolute atomic E-state index is 14.3. The predicted octanol–water partition coefficient (Wildman–Crippen LogP) is 4.76. The highest BCUT2D eigenvalue weighted by Crippen LogP contribution is 2.28. The van der Waals surface area contributed by atoms with Crippen LogP contribution in [0.4, 0.5) is 10.3 Å². The molecule has 4 rings (SSSR count). The Morgan fingerprint density at radius 3 is 2.52 bits per heavy atom. The molecule has 3 aromatic rings. The molecule has 1 aromatic heterocycles. The third kappa shape index (κ3) is 4.45. The van der Waals surface area contributed by atoms with Gasteiger partial charge >= 0.3 is 0 Å². The minimum Gasteiger partial charge on any atom is -0.350 e. The van der Waals surface area contributed by atoms with Gasteiger partial charge in [-0.15, -0.1) is 0 Å². The molecule has 148 valence electrons. The van der Waals surface area contributed by atoms with Crippen molar-refractivity contribution in [2.24, 2.45) is 0 Å². The van der Waals surface area contributed by atoms with Crippen molar-refractivity contribution in [2.75, 3.05) is 18.4 Å². The van der Waals surface area contributed by atoms with E-state index >= 15 is 0 Å². The summed E-state index contributed by atoms with van der Waals surface area (Å²) in [4.78, 5) is 23.6. The first-order valence-electron chi connectivity index (χ1n) is 9.49. The minimum atomic E-state index is -0.335. The van der Waals surface area contributed by atoms with E-state index in [2.05, 4.69) is 31.2 Å². The van der Waals surface area contributed by atoms with Gasteiger partial charge in [-0.25, -0.2) is 14.4 Å². The van der Waals surface area contributed by atoms with E-state index in [0.717, 1.165) is 17.3 Å². The van der Waals surface area contributed by atoms with E-state index in [9.17, 15) is 9.18 Å². The molecule has 1 aliphatic rings. The Labute approximate surface area is 177 Å². The molecule has 29 heavy (non-hydrogen) atoms. The number of nitrogens with zero attached hydrogens (tertiary/aromatic N) is 3. The van der Waals surface area contributed by atoms with E-state index in [1.54, 1.807) is 42.7 Å². The fourth-order valence-electron chi connectivity index (χ4n) is 3.60. The largest absolute Gasteiger partial charge is 0.350 e. The minimum absolute atomic E-state index is 0.0644. The highest BCUT2D eigenvalue weighted by Gasteiger charge is 2.26. The summed E-state index contributed by atoms with van der Waals surface area (Å²) >= 11 is 3.32. The topological polar surface area (TPSA) is 58.1 Å². The molecular formula is C22H20BrFN4O. The van der Waals surface area contributed by atoms with E-state index in [0.29, 0.717) is 35.7 Å². The Kier molecular flexibility index (Phi) is 5.85. The molecule has 5 nitrogen and oxygen atoms in total. The summed E-state index contributed by atoms with van der Waals surface area (Å²) in [6, 6.07) is 13.8. The van der Waals surface area contributed by atoms with Crippen LogP contribution in [0.2, 0.25) is 0 Å². The number of benzene rings is 2. The van der Waals surface area contributed by atoms with Gasteiger partial charge in [0.2, 0.25) is 5.95 Å². The van der Waals surface area contributed by atoms with E-state index < -0.39 is 0 Å². The SMILES string of the molecule is O=C(c1ccccc1-c1ccccc1F)N1CCC[C@@H](Nc2ncc(Br)cn2)C1. The first-order valence-corrected chi connectivity index (χ1v) is 10.3. The molecule has 0 unspecified atom stereocenters. The highest BCUT2D eigenvalue weighted by atomic mass is 79.9. The molecular weight excluding hydrogens is 435 g/mol. The second-order valence-corrected chi connectivity index (χ2v) is 7.90. The zero-order valence-electron chi connectivity index (χ0n) is 15.7. The van der Waals surface area contributed by atoms with Crippen molar-refractivity contribution in [2.45, 2.75) is 18.9 Å². The molecule has 1 atom stereocenters. The molecule has 0 bridgehead atoms. The highest BCUT2D eigenvalue weighted by molar-refractivity contribution is 9.10. The van der Waals surface area contributed by atoms with Gasteiger partial charge in [0.1, 0.15) is 5.82 Å². The van der Waals surface area contributed by atoms with Crippen LogP contribution in [0.1, 0.15) is 23.2 Å². The third-order valence-electron chi connectivity index (χ3n) is 4.98. The zero-order valence-corrected chi connectivity index (χ0v) is 17.3. The van der Waals surface area contributed by atoms with E-state index in [1.807, 2.05) is 17.0 Å². The summed E-state index contributed by atoms with van der Waals surface area (Å²) in [5.74, 6) is 0.115. The van der Waals surface area contributed by atoms with Crippen LogP contribution in [0.5, 0.6) is 0 Å². The van der Waals surface area contributed by atoms with Crippen molar-refractivity contribution in [3.05, 3.63) is 76.8 Å². The number of hydrogen-bond acceptors (Lipinski definition) is 4. The number of rotatable bonds is 4. The maximum Gasteiger partial charge on any atom is 0.254 e. The Morgan fingerprint density at radius 1 is 1.07 bits per heavy atom. The normalized spacial score (nSPS) is 16.5. The number of likely N-dealkylation sites (tertiary alicyclic amines) is 1. The Bertz CT molecular complexity index is 1010. The Balaban J connectivity index is 1.54. The molecule has 0 radical (unpaired) electrons. The lowest BCUT2D eigenvalue weighted by atomic mass is 9.97. The molecule has 0 spiro atoms. The predicted molar refractivity (Wildman–Crippen MR) is 114 cm³/mol. The number of anilines is 1. The number of piperidine rings is 1. The second kappa shape index (κ2) is 8.69. The Morgan fingerprint density at radius 2 is 1.76 bits per heavy atom. The number of carbonyl (C=O) groups is 1. The zero-order chi connectivity index (χ0) is 20.2. The molecule has 2 heterocycles. The fourth-order valence-corrected chi connectivity index (χ4v) is 3.81. The van der Waals surface area contributed by atoms with E-state index in [1.165, 1.54) is 6.07 Å². The fraction of sp³-hybridized carbons (Fsp3) is 0.227. The van der Waals surface area contributed by atoms with Crippen LogP contribution in [0, 0.1) is 5.82 Å². The smallest absolute Gasteiger partial charge is 0.254 e. The third-order valence-corrected chi connectivity index (χ3v) is 5.39. The van der Waals surface area contributed by atoms with Gasteiger partial charge in [0, 0.05) is 42.7 Å². The lowest BCUT2D eigenvalue weighted by Gasteiger charge is -2.33. The van der Waals surface area contributed by atoms with Crippen LogP contribution < -0.4 is 5.32 Å². The van der Waals surface area contributed by atoms with Gasteiger partial charge in [0.25, 0.3) is 5.91 Å². The molecule has 2 aromatic carbocycles. The number of aromatic nitrogens is 2. The molecule has 1 aliphatic heterocycles. The molecule has 7 heteroatoms. The van der Waals surface area contributed by atoms with Gasteiger partial charge in [0.05, 0.1) is 4.47 Å². The summed E-state index contributed by atoms with van der Waals surface area (Å²) in [7, 11) is 0. The second-order valence-electron chi connectivity index (χ2n) is 6.98. The standard InChI is InChI=1S/C22H20BrFN4O/c23-15-12-25-22(26-13-15)27-16-6-5-11-28(14-16)21(29)19-9-2-1-7-17(19)18-8-3-4-10-20(18)24/h1-4,7-10,12-13,16H,5-6,11,14H2,(H,25,26,27)/t16-/m1/s1. The summed E-state index contributed by atoms with van der Waals surface area (Å²) in [5, 5.41) is 3.30. The van der Waals surface area contributed by atoms with Crippen LogP contribution >= 0.6 is 15.9 Å². The average Bonchev–Trinajstić information content (AvgIpc) is 2.75. The van der Waals surface area contributed by atoms with Gasteiger partial charge in [-0.2, -0.15) is 0 Å². The molecule has 1 fully saturated rings. The quantitative estimate of drug-likeness (QED) is 0.617. The van der Waals surface area contributed by atoms with Crippen LogP contribution in [0.15, 0.2) is 65.4 Å². The van der Waals surface area contributed by atoms with Gasteiger partial charge in [-0.3, -0.25) is 4.79 Å². The number of nitrogens with one attached hydrogen (secondary N) is 1. The van der Waals surface area contributed by atoms with Crippen LogP contribution in [0.25, 0.3) is 11.1 Å². The maximum atomic E-state index is 14.3. The van der Waals surface area contributed by atoms with Crippen LogP contribution in [0.3, 0.4) is 0 Å². The van der Waals surface area contributed by atoms with Crippen molar-refractivity contribution in [1.82, 2.24) is 14.9 Å². The summed E-state index contributed by atoms with van der Waals surface area (Å²) in [6.07, 6.45) is 5.18. The van der Waals surface area contributed by atoms with Crippen molar-refractivity contribution >= 4 is 27.8 Å². The van der Waals surface area contributed by atoms with Crippen molar-refractivity contribution in [3.8, 4) is 11.1 Å². The molecule has 1 N–H and O–H groups in total. The number of carbonyl (C=O) groups excluding carboxylic acids is 1. The van der Waals surface area contributed by atoms with Gasteiger partial charge in [0.15, 0.2) is 0 Å². The van der Waals surface area contributed by atoms with Gasteiger partial charge < -0.3 is 10.2 Å². The van der Waals surface area contributed by atoms with Crippen molar-refractivity contribution < 1.29 is 9.18 Å². The monoisotopic (exact) mass is 454 g/mol. The van der Waals surface area contributed by atoms with Crippen molar-refractivity contribution in [1.29, 1.82) is 0 Å². The number of halogens is 2. The summed E-state index contributed by atoms with van der Waals surface area (Å²) < 4.78 is 15.2. The van der Waals surface area contributed by atoms with Gasteiger partial charge in [-0.05, 0) is 46.5 Å². The van der Waals surface area contributed by atoms with Crippen molar-refractivity contribution in [3.63, 3.8) is 0 Å². The molecule has 0 aliphatic carbocycles. The van der Waals surface area contributed by atoms with Crippen LogP contribution in [-0.2, 0) is 0 Å². The average molecular weight is 455 g/mol. The Hall–Kier alpha value is -2.80. The first-order chi connectivity index (χ1) is 14.1. The number of amides is 1. The molecule has 0 saturated carbocycles. The van der Waals surface area contributed by atoms with E-state index in [-0.39, 0.29) is 17.8 Å². The summed E-state index contributed by atoms with van der Waals surface area (Å²) in [5.41, 5.74) is 1.56. The summed E-state index contributed by atoms with van der Waals surface area (Å²) in [6.45, 7) is 1.22. The van der Waals surface area contributed by atoms with Gasteiger partial charge in [-0.1, -0.05) is 36.4 Å². The van der Waals surface area contributed by atoms with Crippen LogP contribution in [-0.4, -0.2) is 39.9 Å².